The molecule has 0 fully saturated rings. The number of methoxy groups -OCH3 is 1. The maximum atomic E-state index is 12.9. The minimum atomic E-state index is -0.963. The number of hydrogen-bond donors (Lipinski definition) is 1. The number of nitrogens with zero attached hydrogens (tertiary/aromatic N) is 3. The van der Waals surface area contributed by atoms with Crippen molar-refractivity contribution in [3.05, 3.63) is 80.3 Å². The van der Waals surface area contributed by atoms with Gasteiger partial charge in [-0.3, -0.25) is 24.1 Å². The van der Waals surface area contributed by atoms with Crippen molar-refractivity contribution in [2.24, 2.45) is 0 Å². The van der Waals surface area contributed by atoms with Crippen LogP contribution in [-0.4, -0.2) is 32.5 Å². The third kappa shape index (κ3) is 3.47. The van der Waals surface area contributed by atoms with E-state index in [0.717, 1.165) is 0 Å². The largest absolute Gasteiger partial charge is 0.493 e. The molecule has 0 spiro atoms. The fourth-order valence-electron chi connectivity index (χ4n) is 2.89. The van der Waals surface area contributed by atoms with E-state index in [2.05, 4.69) is 9.72 Å². The normalized spacial score (nSPS) is 11.9. The van der Waals surface area contributed by atoms with E-state index in [1.165, 1.54) is 35.9 Å². The lowest BCUT2D eigenvalue weighted by Gasteiger charge is -2.17. The van der Waals surface area contributed by atoms with Crippen molar-refractivity contribution in [2.45, 2.75) is 12.3 Å². The molecule has 0 bridgehead atoms. The fourth-order valence-corrected chi connectivity index (χ4v) is 2.89. The number of ether oxygens (including phenoxy) is 1. The molecule has 1 aromatic carbocycles. The highest BCUT2D eigenvalue weighted by Crippen LogP contribution is 2.32. The molecule has 0 aliphatic carbocycles. The molecule has 0 amide bonds. The summed E-state index contributed by atoms with van der Waals surface area (Å²) >= 11 is 0. The summed E-state index contributed by atoms with van der Waals surface area (Å²) < 4.78 is 5.92. The van der Waals surface area contributed by atoms with Crippen LogP contribution >= 0.6 is 0 Å². The summed E-state index contributed by atoms with van der Waals surface area (Å²) in [7, 11) is 1.19. The number of esters is 1. The maximum absolute atomic E-state index is 12.9. The van der Waals surface area contributed by atoms with E-state index in [0.29, 0.717) is 5.56 Å². The summed E-state index contributed by atoms with van der Waals surface area (Å²) in [5.41, 5.74) is -0.349. The van der Waals surface area contributed by atoms with Gasteiger partial charge in [0.25, 0.3) is 11.2 Å². The topological polar surface area (TPSA) is 124 Å². The van der Waals surface area contributed by atoms with Crippen LogP contribution in [0.15, 0.2) is 53.5 Å². The van der Waals surface area contributed by atoms with Crippen molar-refractivity contribution in [3.8, 4) is 5.88 Å². The molecule has 3 aromatic rings. The lowest BCUT2D eigenvalue weighted by atomic mass is 9.89. The van der Waals surface area contributed by atoms with Crippen LogP contribution in [0.4, 0.5) is 5.69 Å². The lowest BCUT2D eigenvalue weighted by Crippen LogP contribution is -2.24. The van der Waals surface area contributed by atoms with Crippen LogP contribution in [-0.2, 0) is 9.53 Å². The summed E-state index contributed by atoms with van der Waals surface area (Å²) in [5, 5.41) is 21.5. The summed E-state index contributed by atoms with van der Waals surface area (Å²) in [5.74, 6) is -2.13. The first-order chi connectivity index (χ1) is 12.9. The molecule has 1 N–H and O–H groups in total. The number of fused-ring (bicyclic) bond motifs is 1. The van der Waals surface area contributed by atoms with Crippen molar-refractivity contribution < 1.29 is 19.6 Å². The Bertz CT molecular complexity index is 1090. The van der Waals surface area contributed by atoms with Crippen LogP contribution in [0.2, 0.25) is 0 Å². The zero-order valence-electron chi connectivity index (χ0n) is 14.2. The Morgan fingerprint density at radius 2 is 2.11 bits per heavy atom. The number of aromatic nitrogens is 2. The van der Waals surface area contributed by atoms with E-state index in [1.807, 2.05) is 0 Å². The van der Waals surface area contributed by atoms with Crippen LogP contribution in [0.25, 0.3) is 5.65 Å². The molecular formula is C18H15N3O6. The van der Waals surface area contributed by atoms with Crippen LogP contribution in [0.5, 0.6) is 5.88 Å². The minimum absolute atomic E-state index is 0.135. The van der Waals surface area contributed by atoms with Crippen LogP contribution in [0.3, 0.4) is 0 Å². The van der Waals surface area contributed by atoms with Gasteiger partial charge >= 0.3 is 5.97 Å². The van der Waals surface area contributed by atoms with Crippen molar-refractivity contribution in [3.63, 3.8) is 0 Å². The molecule has 138 valence electrons. The van der Waals surface area contributed by atoms with Gasteiger partial charge in [0.15, 0.2) is 0 Å². The number of nitro benzene ring substituents is 1. The van der Waals surface area contributed by atoms with Gasteiger partial charge < -0.3 is 9.84 Å². The quantitative estimate of drug-likeness (QED) is 0.414. The maximum Gasteiger partial charge on any atom is 0.306 e. The van der Waals surface area contributed by atoms with Gasteiger partial charge in [0.05, 0.1) is 24.0 Å². The van der Waals surface area contributed by atoms with Crippen LogP contribution < -0.4 is 5.56 Å². The summed E-state index contributed by atoms with van der Waals surface area (Å²) in [6.45, 7) is 0. The Kier molecular flexibility index (Phi) is 4.84. The van der Waals surface area contributed by atoms with E-state index in [1.54, 1.807) is 24.3 Å². The number of nitro groups is 1. The van der Waals surface area contributed by atoms with Gasteiger partial charge in [-0.05, 0) is 17.7 Å². The SMILES string of the molecule is COC(=O)C[C@@H](c1cccc([N+](=O)[O-])c1)c1c(O)nc2ccccn2c1=O. The predicted molar refractivity (Wildman–Crippen MR) is 94.7 cm³/mol. The minimum Gasteiger partial charge on any atom is -0.493 e. The smallest absolute Gasteiger partial charge is 0.306 e. The first-order valence-electron chi connectivity index (χ1n) is 7.93. The summed E-state index contributed by atoms with van der Waals surface area (Å²) in [4.78, 5) is 39.3. The second kappa shape index (κ2) is 7.24. The average Bonchev–Trinajstić information content (AvgIpc) is 2.67. The Morgan fingerprint density at radius 3 is 2.81 bits per heavy atom. The molecule has 9 nitrogen and oxygen atoms in total. The molecule has 1 atom stereocenters. The lowest BCUT2D eigenvalue weighted by molar-refractivity contribution is -0.384. The third-order valence-corrected chi connectivity index (χ3v) is 4.18. The molecule has 0 saturated heterocycles. The summed E-state index contributed by atoms with van der Waals surface area (Å²) in [6.07, 6.45) is 1.19. The molecule has 0 radical (unpaired) electrons. The fraction of sp³-hybridized carbons (Fsp3) is 0.167. The van der Waals surface area contributed by atoms with Crippen molar-refractivity contribution in [1.29, 1.82) is 0 Å². The second-order valence-electron chi connectivity index (χ2n) is 5.77. The Labute approximate surface area is 152 Å². The number of pyridine rings is 1. The monoisotopic (exact) mass is 369 g/mol. The van der Waals surface area contributed by atoms with E-state index < -0.39 is 28.2 Å². The van der Waals surface area contributed by atoms with E-state index in [4.69, 9.17) is 0 Å². The number of carbonyl (C=O) groups is 1. The number of rotatable bonds is 5. The molecule has 0 unspecified atom stereocenters. The van der Waals surface area contributed by atoms with Gasteiger partial charge in [-0.25, -0.2) is 0 Å². The van der Waals surface area contributed by atoms with Crippen molar-refractivity contribution >= 4 is 17.3 Å². The Morgan fingerprint density at radius 1 is 1.33 bits per heavy atom. The zero-order valence-corrected chi connectivity index (χ0v) is 14.2. The standard InChI is InChI=1S/C18H15N3O6/c1-27-15(22)10-13(11-5-4-6-12(9-11)21(25)26)16-17(23)19-14-7-2-3-8-20(14)18(16)24/h2-9,13,23H,10H2,1H3/t13-/m0/s1. The highest BCUT2D eigenvalue weighted by atomic mass is 16.6. The number of aromatic hydroxyl groups is 1. The molecule has 0 aliphatic rings. The van der Waals surface area contributed by atoms with Gasteiger partial charge in [-0.2, -0.15) is 4.98 Å². The average molecular weight is 369 g/mol. The highest BCUT2D eigenvalue weighted by molar-refractivity contribution is 5.71. The van der Waals surface area contributed by atoms with Crippen LogP contribution in [0.1, 0.15) is 23.5 Å². The molecule has 3 rings (SSSR count). The van der Waals surface area contributed by atoms with Crippen LogP contribution in [0, 0.1) is 10.1 Å². The molecular weight excluding hydrogens is 354 g/mol. The molecule has 2 aromatic heterocycles. The van der Waals surface area contributed by atoms with Gasteiger partial charge in [0, 0.05) is 24.2 Å². The van der Waals surface area contributed by atoms with E-state index in [9.17, 15) is 24.8 Å². The van der Waals surface area contributed by atoms with Crippen molar-refractivity contribution in [2.75, 3.05) is 7.11 Å². The second-order valence-corrected chi connectivity index (χ2v) is 5.77. The van der Waals surface area contributed by atoms with Gasteiger partial charge in [0.1, 0.15) is 5.65 Å². The predicted octanol–water partition coefficient (Wildman–Crippen LogP) is 2.00. The molecule has 9 heteroatoms. The molecule has 0 saturated carbocycles. The van der Waals surface area contributed by atoms with Crippen molar-refractivity contribution in [1.82, 2.24) is 9.38 Å². The number of hydrogen-bond acceptors (Lipinski definition) is 7. The molecule has 2 heterocycles. The Hall–Kier alpha value is -3.75. The van der Waals surface area contributed by atoms with E-state index >= 15 is 0 Å². The zero-order chi connectivity index (χ0) is 19.6. The first kappa shape index (κ1) is 18.1. The third-order valence-electron chi connectivity index (χ3n) is 4.18. The number of benzene rings is 1. The van der Waals surface area contributed by atoms with E-state index in [-0.39, 0.29) is 23.3 Å². The Balaban J connectivity index is 2.24. The van der Waals surface area contributed by atoms with Gasteiger partial charge in [-0.15, -0.1) is 0 Å². The first-order valence-corrected chi connectivity index (χ1v) is 7.93. The highest BCUT2D eigenvalue weighted by Gasteiger charge is 2.27. The number of carbonyl (C=O) groups excluding carboxylic acids is 1. The summed E-state index contributed by atoms with van der Waals surface area (Å²) in [6, 6.07) is 10.4. The number of non-ortho nitro benzene ring substituents is 1. The molecule has 27 heavy (non-hydrogen) atoms. The van der Waals surface area contributed by atoms with Gasteiger partial charge in [0.2, 0.25) is 5.88 Å². The molecule has 0 aliphatic heterocycles. The van der Waals surface area contributed by atoms with Gasteiger partial charge in [-0.1, -0.05) is 18.2 Å².